The summed E-state index contributed by atoms with van der Waals surface area (Å²) < 4.78 is 1.94. The number of hydrogen-bond acceptors (Lipinski definition) is 2. The molecule has 3 N–H and O–H groups in total. The van der Waals surface area contributed by atoms with Crippen molar-refractivity contribution in [3.05, 3.63) is 23.0 Å². The van der Waals surface area contributed by atoms with Crippen LogP contribution in [-0.2, 0) is 13.6 Å². The van der Waals surface area contributed by atoms with Crippen molar-refractivity contribution in [2.24, 2.45) is 12.8 Å². The van der Waals surface area contributed by atoms with Gasteiger partial charge in [-0.1, -0.05) is 0 Å². The molecule has 0 aliphatic carbocycles. The van der Waals surface area contributed by atoms with Gasteiger partial charge in [-0.15, -0.1) is 0 Å². The van der Waals surface area contributed by atoms with Crippen LogP contribution in [0.3, 0.4) is 0 Å². The smallest absolute Gasteiger partial charge is 0.252 e. The van der Waals surface area contributed by atoms with Gasteiger partial charge in [0.15, 0.2) is 0 Å². The molecule has 0 aliphatic heterocycles. The van der Waals surface area contributed by atoms with E-state index < -0.39 is 0 Å². The maximum Gasteiger partial charge on any atom is 0.252 e. The molecule has 0 unspecified atom stereocenters. The van der Waals surface area contributed by atoms with Crippen molar-refractivity contribution in [3.8, 4) is 0 Å². The van der Waals surface area contributed by atoms with Gasteiger partial charge in [0.05, 0.1) is 5.56 Å². The van der Waals surface area contributed by atoms with E-state index in [-0.39, 0.29) is 5.91 Å². The van der Waals surface area contributed by atoms with Crippen LogP contribution in [0.15, 0.2) is 6.07 Å². The lowest BCUT2D eigenvalue weighted by Gasteiger charge is -2.01. The van der Waals surface area contributed by atoms with Gasteiger partial charge < -0.3 is 15.6 Å². The van der Waals surface area contributed by atoms with Crippen LogP contribution >= 0.6 is 0 Å². The molecule has 0 atom stereocenters. The lowest BCUT2D eigenvalue weighted by molar-refractivity contribution is 0.0962. The maximum atomic E-state index is 11.4. The highest BCUT2D eigenvalue weighted by atomic mass is 16.1. The van der Waals surface area contributed by atoms with Crippen molar-refractivity contribution in [3.63, 3.8) is 0 Å². The number of nitrogens with one attached hydrogen (secondary N) is 1. The summed E-state index contributed by atoms with van der Waals surface area (Å²) in [7, 11) is 3.53. The molecular weight excluding hydrogens is 166 g/mol. The minimum Gasteiger partial charge on any atom is -0.355 e. The third-order valence-corrected chi connectivity index (χ3v) is 2.32. The van der Waals surface area contributed by atoms with E-state index in [0.29, 0.717) is 12.1 Å². The second-order valence-corrected chi connectivity index (χ2v) is 2.98. The Hall–Kier alpha value is -1.29. The van der Waals surface area contributed by atoms with Crippen LogP contribution < -0.4 is 11.1 Å². The van der Waals surface area contributed by atoms with Crippen molar-refractivity contribution in [1.29, 1.82) is 0 Å². The molecule has 0 spiro atoms. The molecule has 1 rings (SSSR count). The molecular formula is C9H15N3O. The SMILES string of the molecule is CNC(=O)c1cc(CN)n(C)c1C. The second-order valence-electron chi connectivity index (χ2n) is 2.98. The molecule has 0 bridgehead atoms. The van der Waals surface area contributed by atoms with Gasteiger partial charge in [-0.05, 0) is 13.0 Å². The van der Waals surface area contributed by atoms with Crippen LogP contribution in [0.2, 0.25) is 0 Å². The first-order chi connectivity index (χ1) is 6.11. The van der Waals surface area contributed by atoms with Crippen LogP contribution in [0.5, 0.6) is 0 Å². The van der Waals surface area contributed by atoms with Gasteiger partial charge in [-0.3, -0.25) is 4.79 Å². The summed E-state index contributed by atoms with van der Waals surface area (Å²) in [5.74, 6) is -0.0622. The predicted octanol–water partition coefficient (Wildman–Crippen LogP) is 0.152. The minimum atomic E-state index is -0.0622. The lowest BCUT2D eigenvalue weighted by Crippen LogP contribution is -2.18. The van der Waals surface area contributed by atoms with Crippen molar-refractivity contribution >= 4 is 5.91 Å². The van der Waals surface area contributed by atoms with Crippen LogP contribution in [0, 0.1) is 6.92 Å². The molecule has 0 aromatic carbocycles. The van der Waals surface area contributed by atoms with E-state index in [0.717, 1.165) is 11.4 Å². The summed E-state index contributed by atoms with van der Waals surface area (Å²) in [6, 6.07) is 1.83. The van der Waals surface area contributed by atoms with E-state index in [1.54, 1.807) is 7.05 Å². The molecule has 1 amide bonds. The number of amides is 1. The number of nitrogens with two attached hydrogens (primary N) is 1. The number of hydrogen-bond donors (Lipinski definition) is 2. The van der Waals surface area contributed by atoms with Crippen molar-refractivity contribution in [2.45, 2.75) is 13.5 Å². The zero-order chi connectivity index (χ0) is 10.0. The highest BCUT2D eigenvalue weighted by Crippen LogP contribution is 2.13. The third-order valence-electron chi connectivity index (χ3n) is 2.32. The Bertz CT molecular complexity index is 328. The Morgan fingerprint density at radius 2 is 2.31 bits per heavy atom. The first kappa shape index (κ1) is 9.80. The van der Waals surface area contributed by atoms with E-state index in [9.17, 15) is 4.79 Å². The summed E-state index contributed by atoms with van der Waals surface area (Å²) in [6.07, 6.45) is 0. The number of rotatable bonds is 2. The van der Waals surface area contributed by atoms with Gasteiger partial charge in [0, 0.05) is 32.0 Å². The fraction of sp³-hybridized carbons (Fsp3) is 0.444. The van der Waals surface area contributed by atoms with Crippen LogP contribution in [0.1, 0.15) is 21.7 Å². The van der Waals surface area contributed by atoms with Crippen molar-refractivity contribution in [1.82, 2.24) is 9.88 Å². The average Bonchev–Trinajstić information content (AvgIpc) is 2.43. The van der Waals surface area contributed by atoms with Crippen LogP contribution in [0.4, 0.5) is 0 Å². The van der Waals surface area contributed by atoms with Gasteiger partial charge in [-0.25, -0.2) is 0 Å². The van der Waals surface area contributed by atoms with Gasteiger partial charge in [0.2, 0.25) is 0 Å². The first-order valence-corrected chi connectivity index (χ1v) is 4.19. The van der Waals surface area contributed by atoms with Crippen LogP contribution in [-0.4, -0.2) is 17.5 Å². The normalized spacial score (nSPS) is 10.2. The Balaban J connectivity index is 3.17. The number of aromatic nitrogens is 1. The second kappa shape index (κ2) is 3.62. The van der Waals surface area contributed by atoms with E-state index >= 15 is 0 Å². The molecule has 4 nitrogen and oxygen atoms in total. The highest BCUT2D eigenvalue weighted by molar-refractivity contribution is 5.95. The molecule has 1 heterocycles. The molecule has 1 aromatic heterocycles. The molecule has 4 heteroatoms. The van der Waals surface area contributed by atoms with Gasteiger partial charge >= 0.3 is 0 Å². The largest absolute Gasteiger partial charge is 0.355 e. The van der Waals surface area contributed by atoms with E-state index in [2.05, 4.69) is 5.32 Å². The summed E-state index contributed by atoms with van der Waals surface area (Å²) >= 11 is 0. The van der Waals surface area contributed by atoms with Crippen LogP contribution in [0.25, 0.3) is 0 Å². The first-order valence-electron chi connectivity index (χ1n) is 4.19. The van der Waals surface area contributed by atoms with Gasteiger partial charge in [0.25, 0.3) is 5.91 Å². The summed E-state index contributed by atoms with van der Waals surface area (Å²) in [5.41, 5.74) is 8.13. The standard InChI is InChI=1S/C9H15N3O/c1-6-8(9(13)11-2)4-7(5-10)12(6)3/h4H,5,10H2,1-3H3,(H,11,13). The van der Waals surface area contributed by atoms with Crippen molar-refractivity contribution in [2.75, 3.05) is 7.05 Å². The number of carbonyl (C=O) groups excluding carboxylic acids is 1. The fourth-order valence-corrected chi connectivity index (χ4v) is 1.32. The average molecular weight is 181 g/mol. The summed E-state index contributed by atoms with van der Waals surface area (Å²) in [6.45, 7) is 2.36. The molecule has 0 aliphatic rings. The zero-order valence-electron chi connectivity index (χ0n) is 8.22. The maximum absolute atomic E-state index is 11.4. The molecule has 13 heavy (non-hydrogen) atoms. The monoisotopic (exact) mass is 181 g/mol. The molecule has 0 saturated heterocycles. The summed E-state index contributed by atoms with van der Waals surface area (Å²) in [4.78, 5) is 11.4. The molecule has 0 radical (unpaired) electrons. The Morgan fingerprint density at radius 1 is 1.69 bits per heavy atom. The quantitative estimate of drug-likeness (QED) is 0.682. The van der Waals surface area contributed by atoms with E-state index in [1.807, 2.05) is 24.6 Å². The molecule has 0 fully saturated rings. The fourth-order valence-electron chi connectivity index (χ4n) is 1.32. The Kier molecular flexibility index (Phi) is 2.72. The third kappa shape index (κ3) is 1.58. The molecule has 1 aromatic rings. The van der Waals surface area contributed by atoms with Crippen molar-refractivity contribution < 1.29 is 4.79 Å². The lowest BCUT2D eigenvalue weighted by atomic mass is 10.2. The molecule has 72 valence electrons. The Labute approximate surface area is 77.7 Å². The predicted molar refractivity (Wildman–Crippen MR) is 51.4 cm³/mol. The summed E-state index contributed by atoms with van der Waals surface area (Å²) in [5, 5.41) is 2.59. The molecule has 0 saturated carbocycles. The van der Waals surface area contributed by atoms with Gasteiger partial charge in [-0.2, -0.15) is 0 Å². The minimum absolute atomic E-state index is 0.0622. The topological polar surface area (TPSA) is 60.1 Å². The number of nitrogens with zero attached hydrogens (tertiary/aromatic N) is 1. The zero-order valence-corrected chi connectivity index (χ0v) is 8.22. The van der Waals surface area contributed by atoms with Gasteiger partial charge in [0.1, 0.15) is 0 Å². The van der Waals surface area contributed by atoms with E-state index in [1.165, 1.54) is 0 Å². The Morgan fingerprint density at radius 3 is 2.69 bits per heavy atom. The van der Waals surface area contributed by atoms with E-state index in [4.69, 9.17) is 5.73 Å². The highest BCUT2D eigenvalue weighted by Gasteiger charge is 2.12. The number of carbonyl (C=O) groups is 1.